The quantitative estimate of drug-likeness (QED) is 0.724. The fraction of sp³-hybridized carbons (Fsp3) is 0.300. The second kappa shape index (κ2) is 8.99. The van der Waals surface area contributed by atoms with Gasteiger partial charge in [0.2, 0.25) is 5.91 Å². The smallest absolute Gasteiger partial charge is 0.251 e. The van der Waals surface area contributed by atoms with Gasteiger partial charge in [-0.15, -0.1) is 0 Å². The molecule has 25 heavy (non-hydrogen) atoms. The number of aliphatic hydroxyl groups is 1. The van der Waals surface area contributed by atoms with Crippen molar-refractivity contribution in [2.75, 3.05) is 7.05 Å². The zero-order chi connectivity index (χ0) is 18.2. The number of hydrogen-bond donors (Lipinski definition) is 3. The van der Waals surface area contributed by atoms with Gasteiger partial charge in [0.05, 0.1) is 6.61 Å². The molecular formula is C20H24N2O3. The Labute approximate surface area is 148 Å². The topological polar surface area (TPSA) is 78.4 Å². The molecule has 5 nitrogen and oxygen atoms in total. The number of benzene rings is 2. The fourth-order valence-corrected chi connectivity index (χ4v) is 2.74. The van der Waals surface area contributed by atoms with E-state index in [1.807, 2.05) is 37.3 Å². The van der Waals surface area contributed by atoms with Crippen LogP contribution in [0.5, 0.6) is 0 Å². The Morgan fingerprint density at radius 2 is 1.88 bits per heavy atom. The largest absolute Gasteiger partial charge is 0.392 e. The van der Waals surface area contributed by atoms with E-state index in [0.717, 1.165) is 23.1 Å². The Kier molecular flexibility index (Phi) is 6.71. The highest BCUT2D eigenvalue weighted by Gasteiger charge is 2.19. The summed E-state index contributed by atoms with van der Waals surface area (Å²) in [5.74, 6) is -0.484. The van der Waals surface area contributed by atoms with E-state index in [-0.39, 0.29) is 18.4 Å². The second-order valence-corrected chi connectivity index (χ2v) is 5.83. The van der Waals surface area contributed by atoms with Gasteiger partial charge in [-0.25, -0.2) is 0 Å². The molecule has 3 N–H and O–H groups in total. The van der Waals surface area contributed by atoms with Crippen LogP contribution in [0.4, 0.5) is 0 Å². The zero-order valence-electron chi connectivity index (χ0n) is 14.6. The predicted octanol–water partition coefficient (Wildman–Crippen LogP) is 2.49. The van der Waals surface area contributed by atoms with Crippen molar-refractivity contribution in [3.8, 4) is 11.1 Å². The summed E-state index contributed by atoms with van der Waals surface area (Å²) in [7, 11) is 1.56. The summed E-state index contributed by atoms with van der Waals surface area (Å²) in [6, 6.07) is 14.2. The summed E-state index contributed by atoms with van der Waals surface area (Å²) in [5.41, 5.74) is 3.02. The molecule has 0 fully saturated rings. The van der Waals surface area contributed by atoms with Gasteiger partial charge in [0.15, 0.2) is 0 Å². The number of aliphatic hydroxyl groups excluding tert-OH is 1. The minimum absolute atomic E-state index is 0.0676. The normalized spacial score (nSPS) is 11.6. The first-order valence-electron chi connectivity index (χ1n) is 8.42. The molecule has 0 aliphatic rings. The van der Waals surface area contributed by atoms with E-state index >= 15 is 0 Å². The molecule has 2 aromatic rings. The molecule has 0 spiro atoms. The lowest BCUT2D eigenvalue weighted by atomic mass is 9.98. The van der Waals surface area contributed by atoms with Crippen LogP contribution in [0, 0.1) is 0 Å². The lowest BCUT2D eigenvalue weighted by molar-refractivity contribution is -0.122. The van der Waals surface area contributed by atoms with Crippen molar-refractivity contribution in [3.63, 3.8) is 0 Å². The maximum atomic E-state index is 12.5. The first kappa shape index (κ1) is 18.7. The number of amides is 2. The summed E-state index contributed by atoms with van der Waals surface area (Å²) in [6.45, 7) is 1.90. The average molecular weight is 340 g/mol. The van der Waals surface area contributed by atoms with Gasteiger partial charge >= 0.3 is 0 Å². The van der Waals surface area contributed by atoms with E-state index in [1.54, 1.807) is 25.2 Å². The minimum Gasteiger partial charge on any atom is -0.392 e. The number of nitrogens with one attached hydrogen (secondary N) is 2. The van der Waals surface area contributed by atoms with Gasteiger partial charge in [-0.1, -0.05) is 49.7 Å². The molecule has 2 amide bonds. The number of carbonyl (C=O) groups is 2. The Morgan fingerprint density at radius 3 is 2.56 bits per heavy atom. The summed E-state index contributed by atoms with van der Waals surface area (Å²) in [4.78, 5) is 24.4. The average Bonchev–Trinajstić information content (AvgIpc) is 2.67. The second-order valence-electron chi connectivity index (χ2n) is 5.83. The van der Waals surface area contributed by atoms with Gasteiger partial charge < -0.3 is 15.7 Å². The van der Waals surface area contributed by atoms with E-state index in [4.69, 9.17) is 0 Å². The molecular weight excluding hydrogens is 316 g/mol. The maximum absolute atomic E-state index is 12.5. The van der Waals surface area contributed by atoms with Crippen molar-refractivity contribution in [2.45, 2.75) is 32.4 Å². The SMILES string of the molecule is CCC[C@@H](NC(=O)c1cccc(-c2ccccc2CO)c1)C(=O)NC. The van der Waals surface area contributed by atoms with Gasteiger partial charge in [-0.2, -0.15) is 0 Å². The highest BCUT2D eigenvalue weighted by atomic mass is 16.3. The van der Waals surface area contributed by atoms with Crippen molar-refractivity contribution in [1.29, 1.82) is 0 Å². The molecule has 0 aromatic heterocycles. The Morgan fingerprint density at radius 1 is 1.12 bits per heavy atom. The first-order valence-corrected chi connectivity index (χ1v) is 8.42. The number of carbonyl (C=O) groups excluding carboxylic acids is 2. The molecule has 0 bridgehead atoms. The molecule has 0 radical (unpaired) electrons. The third kappa shape index (κ3) is 4.67. The van der Waals surface area contributed by atoms with Crippen LogP contribution in [-0.2, 0) is 11.4 Å². The molecule has 0 saturated heterocycles. The third-order valence-electron chi connectivity index (χ3n) is 4.07. The summed E-state index contributed by atoms with van der Waals surface area (Å²) in [6.07, 6.45) is 1.38. The molecule has 132 valence electrons. The van der Waals surface area contributed by atoms with Crippen molar-refractivity contribution < 1.29 is 14.7 Å². The Hall–Kier alpha value is -2.66. The molecule has 0 aliphatic heterocycles. The predicted molar refractivity (Wildman–Crippen MR) is 98.0 cm³/mol. The van der Waals surface area contributed by atoms with Crippen molar-refractivity contribution in [1.82, 2.24) is 10.6 Å². The van der Waals surface area contributed by atoms with E-state index < -0.39 is 6.04 Å². The van der Waals surface area contributed by atoms with Crippen LogP contribution in [0.3, 0.4) is 0 Å². The Balaban J connectivity index is 2.25. The molecule has 0 heterocycles. The first-order chi connectivity index (χ1) is 12.1. The lowest BCUT2D eigenvalue weighted by Gasteiger charge is -2.17. The number of likely N-dealkylation sites (N-methyl/N-ethyl adjacent to an activating group) is 1. The molecule has 0 saturated carbocycles. The fourth-order valence-electron chi connectivity index (χ4n) is 2.74. The number of rotatable bonds is 7. The lowest BCUT2D eigenvalue weighted by Crippen LogP contribution is -2.45. The van der Waals surface area contributed by atoms with Crippen LogP contribution in [-0.4, -0.2) is 30.0 Å². The molecule has 2 rings (SSSR count). The van der Waals surface area contributed by atoms with Gasteiger partial charge in [0.25, 0.3) is 5.91 Å². The standard InChI is InChI=1S/C20H24N2O3/c1-3-7-18(20(25)21-2)22-19(24)15-10-6-9-14(12-15)17-11-5-4-8-16(17)13-23/h4-6,8-12,18,23H,3,7,13H2,1-2H3,(H,21,25)(H,22,24)/t18-/m1/s1. The Bertz CT molecular complexity index is 743. The molecule has 0 aliphatic carbocycles. The maximum Gasteiger partial charge on any atom is 0.251 e. The van der Waals surface area contributed by atoms with Crippen molar-refractivity contribution in [3.05, 3.63) is 59.7 Å². The number of hydrogen-bond acceptors (Lipinski definition) is 3. The van der Waals surface area contributed by atoms with E-state index in [2.05, 4.69) is 10.6 Å². The van der Waals surface area contributed by atoms with Gasteiger partial charge in [0.1, 0.15) is 6.04 Å². The van der Waals surface area contributed by atoms with Crippen molar-refractivity contribution in [2.24, 2.45) is 0 Å². The molecule has 1 atom stereocenters. The summed E-state index contributed by atoms with van der Waals surface area (Å²) in [5, 5.41) is 14.9. The molecule has 0 unspecified atom stereocenters. The van der Waals surface area contributed by atoms with Crippen LogP contribution in [0.15, 0.2) is 48.5 Å². The highest BCUT2D eigenvalue weighted by Crippen LogP contribution is 2.24. The third-order valence-corrected chi connectivity index (χ3v) is 4.07. The van der Waals surface area contributed by atoms with E-state index in [1.165, 1.54) is 0 Å². The van der Waals surface area contributed by atoms with Gasteiger partial charge in [0, 0.05) is 12.6 Å². The zero-order valence-corrected chi connectivity index (χ0v) is 14.6. The van der Waals surface area contributed by atoms with Crippen LogP contribution >= 0.6 is 0 Å². The van der Waals surface area contributed by atoms with E-state index in [9.17, 15) is 14.7 Å². The molecule has 2 aromatic carbocycles. The molecule has 5 heteroatoms. The van der Waals surface area contributed by atoms with Crippen LogP contribution in [0.1, 0.15) is 35.7 Å². The summed E-state index contributed by atoms with van der Waals surface area (Å²) < 4.78 is 0. The minimum atomic E-state index is -0.545. The van der Waals surface area contributed by atoms with Crippen molar-refractivity contribution >= 4 is 11.8 Å². The monoisotopic (exact) mass is 340 g/mol. The van der Waals surface area contributed by atoms with Gasteiger partial charge in [-0.3, -0.25) is 9.59 Å². The summed E-state index contributed by atoms with van der Waals surface area (Å²) >= 11 is 0. The highest BCUT2D eigenvalue weighted by molar-refractivity contribution is 5.98. The van der Waals surface area contributed by atoms with Gasteiger partial charge in [-0.05, 0) is 35.2 Å². The van der Waals surface area contributed by atoms with Crippen LogP contribution in [0.2, 0.25) is 0 Å². The van der Waals surface area contributed by atoms with Crippen LogP contribution < -0.4 is 10.6 Å². The van der Waals surface area contributed by atoms with Crippen LogP contribution in [0.25, 0.3) is 11.1 Å². The van der Waals surface area contributed by atoms with E-state index in [0.29, 0.717) is 12.0 Å².